The predicted octanol–water partition coefficient (Wildman–Crippen LogP) is 0.184. The number of aromatic nitrogens is 1. The van der Waals surface area contributed by atoms with Gasteiger partial charge in [-0.05, 0) is 5.57 Å². The van der Waals surface area contributed by atoms with E-state index >= 15 is 0 Å². The normalized spacial score (nSPS) is 24.1. The van der Waals surface area contributed by atoms with E-state index in [1.807, 2.05) is 36.1 Å². The second kappa shape index (κ2) is 5.94. The molecule has 1 aromatic heterocycles. The summed E-state index contributed by atoms with van der Waals surface area (Å²) in [5.74, 6) is -0.213. The molecular weight excluding hydrogens is 322 g/mol. The lowest BCUT2D eigenvalue weighted by atomic mass is 10.0. The third-order valence-electron chi connectivity index (χ3n) is 3.65. The first-order chi connectivity index (χ1) is 10.5. The zero-order valence-corrected chi connectivity index (χ0v) is 13.6. The van der Waals surface area contributed by atoms with Gasteiger partial charge in [-0.15, -0.1) is 23.5 Å². The number of rotatable bonds is 4. The molecule has 3 rings (SSSR count). The molecule has 1 aromatic rings. The molecule has 3 N–H and O–H groups in total. The van der Waals surface area contributed by atoms with E-state index in [4.69, 9.17) is 5.73 Å². The lowest BCUT2D eigenvalue weighted by molar-refractivity contribution is -0.671. The van der Waals surface area contributed by atoms with Crippen LogP contribution in [0, 0.1) is 0 Å². The molecule has 3 heterocycles. The van der Waals surface area contributed by atoms with Crippen LogP contribution in [-0.4, -0.2) is 44.8 Å². The van der Waals surface area contributed by atoms with Crippen molar-refractivity contribution in [1.82, 2.24) is 4.90 Å². The predicted molar refractivity (Wildman–Crippen MR) is 84.1 cm³/mol. The molecule has 116 valence electrons. The third-order valence-corrected chi connectivity index (χ3v) is 6.11. The van der Waals surface area contributed by atoms with E-state index in [1.165, 1.54) is 16.7 Å². The van der Waals surface area contributed by atoms with Gasteiger partial charge in [-0.1, -0.05) is 0 Å². The number of carbonyl (C=O) groups excluding carboxylic acids is 1. The summed E-state index contributed by atoms with van der Waals surface area (Å²) in [5.41, 5.74) is 6.61. The number of fused-ring (bicyclic) bond motifs is 1. The molecule has 22 heavy (non-hydrogen) atoms. The van der Waals surface area contributed by atoms with E-state index in [0.717, 1.165) is 10.5 Å². The first-order valence-corrected chi connectivity index (χ1v) is 8.76. The average molecular weight is 338 g/mol. The van der Waals surface area contributed by atoms with Gasteiger partial charge in [0, 0.05) is 28.5 Å². The van der Waals surface area contributed by atoms with E-state index < -0.39 is 12.0 Å². The molecule has 2 aliphatic rings. The molecule has 0 saturated carbocycles. The number of aliphatic carboxylic acids is 1. The molecule has 2 aliphatic heterocycles. The van der Waals surface area contributed by atoms with Crippen LogP contribution in [0.2, 0.25) is 0 Å². The highest BCUT2D eigenvalue weighted by atomic mass is 32.2. The molecule has 6 nitrogen and oxygen atoms in total. The Labute approximate surface area is 136 Å². The van der Waals surface area contributed by atoms with Crippen molar-refractivity contribution in [3.8, 4) is 0 Å². The number of nitrogens with zero attached hydrogens (tertiary/aromatic N) is 2. The lowest BCUT2D eigenvalue weighted by Gasteiger charge is -2.48. The van der Waals surface area contributed by atoms with Crippen LogP contribution >= 0.6 is 23.5 Å². The number of nitrogens with two attached hydrogens (primary N) is 1. The number of hydrogen-bond donors (Lipinski definition) is 2. The summed E-state index contributed by atoms with van der Waals surface area (Å²) in [5, 5.41) is 9.22. The van der Waals surface area contributed by atoms with E-state index in [-0.39, 0.29) is 17.0 Å². The Morgan fingerprint density at radius 3 is 2.86 bits per heavy atom. The molecule has 1 saturated heterocycles. The highest BCUT2D eigenvalue weighted by Gasteiger charge is 2.51. The van der Waals surface area contributed by atoms with Crippen LogP contribution in [-0.2, 0) is 16.6 Å². The molecule has 1 amide bonds. The van der Waals surface area contributed by atoms with Gasteiger partial charge in [0.15, 0.2) is 12.4 Å². The zero-order chi connectivity index (χ0) is 15.9. The lowest BCUT2D eigenvalue weighted by Crippen LogP contribution is -2.68. The van der Waals surface area contributed by atoms with Gasteiger partial charge in [0.2, 0.25) is 5.91 Å². The number of carbonyl (C=O) groups is 2. The second-order valence-electron chi connectivity index (χ2n) is 5.18. The molecule has 2 atom stereocenters. The molecule has 0 radical (unpaired) electrons. The Morgan fingerprint density at radius 2 is 2.23 bits per heavy atom. The summed E-state index contributed by atoms with van der Waals surface area (Å²) < 4.78 is 1.94. The zero-order valence-electron chi connectivity index (χ0n) is 11.9. The van der Waals surface area contributed by atoms with Crippen LogP contribution in [0.15, 0.2) is 40.7 Å². The maximum absolute atomic E-state index is 11.8. The minimum Gasteiger partial charge on any atom is -0.477 e. The minimum absolute atomic E-state index is 0.115. The van der Waals surface area contributed by atoms with Gasteiger partial charge in [-0.2, -0.15) is 0 Å². The molecule has 0 bridgehead atoms. The van der Waals surface area contributed by atoms with Crippen molar-refractivity contribution in [2.24, 2.45) is 12.8 Å². The molecule has 1 fully saturated rings. The standard InChI is InChI=1S/C14H15N3O3S2/c1-16-4-2-9(3-5-16)21-6-8-7-22-13-10(15)12(18)17(13)11(8)14(19)20/h2-5,10,13H,6-7,15H2,1H3/p+1/t10-,13-/m1/s1. The fraction of sp³-hybridized carbons (Fsp3) is 0.357. The minimum atomic E-state index is -1.05. The number of hydrogen-bond acceptors (Lipinski definition) is 5. The Bertz CT molecular complexity index is 660. The first kappa shape index (κ1) is 15.4. The smallest absolute Gasteiger partial charge is 0.352 e. The van der Waals surface area contributed by atoms with Gasteiger partial charge < -0.3 is 10.8 Å². The van der Waals surface area contributed by atoms with Crippen molar-refractivity contribution in [3.05, 3.63) is 35.8 Å². The third kappa shape index (κ3) is 2.62. The number of amides is 1. The highest BCUT2D eigenvalue weighted by Crippen LogP contribution is 2.40. The quantitative estimate of drug-likeness (QED) is 0.463. The maximum atomic E-state index is 11.8. The fourth-order valence-corrected chi connectivity index (χ4v) is 4.76. The summed E-state index contributed by atoms with van der Waals surface area (Å²) in [7, 11) is 1.94. The number of aryl methyl sites for hydroxylation is 1. The fourth-order valence-electron chi connectivity index (χ4n) is 2.45. The van der Waals surface area contributed by atoms with Gasteiger partial charge in [0.25, 0.3) is 0 Å². The van der Waals surface area contributed by atoms with Crippen LogP contribution in [0.4, 0.5) is 0 Å². The SMILES string of the molecule is C[n+]1ccc(SCC2=C(C(=O)O)N3C(=O)[C@@H](N)[C@H]3SC2)cc1. The van der Waals surface area contributed by atoms with E-state index in [2.05, 4.69) is 0 Å². The van der Waals surface area contributed by atoms with Crippen molar-refractivity contribution in [2.45, 2.75) is 16.3 Å². The van der Waals surface area contributed by atoms with Crippen molar-refractivity contribution in [2.75, 3.05) is 11.5 Å². The number of carboxylic acid groups (broad SMARTS) is 1. The van der Waals surface area contributed by atoms with Crippen molar-refractivity contribution in [1.29, 1.82) is 0 Å². The van der Waals surface area contributed by atoms with Crippen molar-refractivity contribution < 1.29 is 19.3 Å². The average Bonchev–Trinajstić information content (AvgIpc) is 2.52. The van der Waals surface area contributed by atoms with Crippen molar-refractivity contribution >= 4 is 35.4 Å². The molecule has 0 unspecified atom stereocenters. The molecule has 0 aromatic carbocycles. The summed E-state index contributed by atoms with van der Waals surface area (Å²) in [6.07, 6.45) is 3.89. The highest BCUT2D eigenvalue weighted by molar-refractivity contribution is 8.01. The Hall–Kier alpha value is -1.51. The topological polar surface area (TPSA) is 87.5 Å². The summed E-state index contributed by atoms with van der Waals surface area (Å²) in [6.45, 7) is 0. The first-order valence-electron chi connectivity index (χ1n) is 6.72. The van der Waals surface area contributed by atoms with Gasteiger partial charge in [0.05, 0.1) is 0 Å². The Morgan fingerprint density at radius 1 is 1.55 bits per heavy atom. The number of thioether (sulfide) groups is 2. The molecular formula is C14H16N3O3S2+. The summed E-state index contributed by atoms with van der Waals surface area (Å²) in [4.78, 5) is 25.8. The maximum Gasteiger partial charge on any atom is 0.352 e. The summed E-state index contributed by atoms with van der Waals surface area (Å²) in [6, 6.07) is 3.38. The van der Waals surface area contributed by atoms with E-state index in [0.29, 0.717) is 11.5 Å². The Balaban J connectivity index is 1.79. The van der Waals surface area contributed by atoms with Crippen LogP contribution in [0.5, 0.6) is 0 Å². The van der Waals surface area contributed by atoms with Crippen LogP contribution in [0.3, 0.4) is 0 Å². The summed E-state index contributed by atoms with van der Waals surface area (Å²) >= 11 is 3.10. The monoisotopic (exact) mass is 338 g/mol. The molecule has 8 heteroatoms. The van der Waals surface area contributed by atoms with E-state index in [1.54, 1.807) is 11.8 Å². The van der Waals surface area contributed by atoms with Gasteiger partial charge in [-0.3, -0.25) is 9.69 Å². The number of pyridine rings is 1. The molecule has 0 aliphatic carbocycles. The van der Waals surface area contributed by atoms with Crippen LogP contribution < -0.4 is 10.3 Å². The van der Waals surface area contributed by atoms with Crippen LogP contribution in [0.1, 0.15) is 0 Å². The Kier molecular flexibility index (Phi) is 4.16. The van der Waals surface area contributed by atoms with Crippen LogP contribution in [0.25, 0.3) is 0 Å². The van der Waals surface area contributed by atoms with Crippen molar-refractivity contribution in [3.63, 3.8) is 0 Å². The number of carboxylic acids is 1. The second-order valence-corrected chi connectivity index (χ2v) is 7.33. The van der Waals surface area contributed by atoms with Gasteiger partial charge in [-0.25, -0.2) is 9.36 Å². The van der Waals surface area contributed by atoms with Gasteiger partial charge in [0.1, 0.15) is 24.2 Å². The molecule has 0 spiro atoms. The van der Waals surface area contributed by atoms with E-state index in [9.17, 15) is 14.7 Å². The van der Waals surface area contributed by atoms with Gasteiger partial charge >= 0.3 is 5.97 Å². The largest absolute Gasteiger partial charge is 0.477 e. The number of β-lactam (4-membered cyclic amide) rings is 1.